The Morgan fingerprint density at radius 3 is 1.14 bits per heavy atom. The Balaban J connectivity index is 4.09. The van der Waals surface area contributed by atoms with Crippen molar-refractivity contribution in [3.63, 3.8) is 0 Å². The molecule has 0 aromatic rings. The van der Waals surface area contributed by atoms with Crippen LogP contribution < -0.4 is 0 Å². The average Bonchev–Trinajstić information content (AvgIpc) is 3.32. The second kappa shape index (κ2) is 51.1. The number of ether oxygens (including phenoxy) is 2. The number of hydrogen-bond donors (Lipinski definition) is 1. The molecule has 0 aromatic carbocycles. The molecular weight excluding hydrogens is 894 g/mol. The molecule has 0 aliphatic carbocycles. The van der Waals surface area contributed by atoms with E-state index in [1.165, 1.54) is 103 Å². The highest BCUT2D eigenvalue weighted by Crippen LogP contribution is 2.43. The van der Waals surface area contributed by atoms with Crippen molar-refractivity contribution in [2.45, 2.75) is 238 Å². The number of carbonyl (C=O) groups excluding carboxylic acids is 2. The summed E-state index contributed by atoms with van der Waals surface area (Å²) in [4.78, 5) is 35.6. The largest absolute Gasteiger partial charge is 0.472 e. The molecule has 0 rings (SSSR count). The number of allylic oxidation sites excluding steroid dienone is 14. The molecular formula is C60H107NO8P+. The van der Waals surface area contributed by atoms with Crippen LogP contribution in [-0.2, 0) is 32.7 Å². The fraction of sp³-hybridized carbons (Fsp3) is 0.733. The number of carbonyl (C=O) groups is 2. The van der Waals surface area contributed by atoms with Gasteiger partial charge in [0.05, 0.1) is 27.7 Å². The van der Waals surface area contributed by atoms with Crippen LogP contribution in [0.4, 0.5) is 0 Å². The maximum atomic E-state index is 12.8. The van der Waals surface area contributed by atoms with Crippen LogP contribution >= 0.6 is 7.82 Å². The molecule has 0 heterocycles. The minimum absolute atomic E-state index is 0.0263. The molecule has 0 spiro atoms. The first-order valence-corrected chi connectivity index (χ1v) is 29.8. The van der Waals surface area contributed by atoms with Gasteiger partial charge < -0.3 is 18.9 Å². The molecule has 0 aliphatic rings. The minimum atomic E-state index is -4.39. The van der Waals surface area contributed by atoms with Gasteiger partial charge >= 0.3 is 19.8 Å². The number of esters is 2. The molecule has 404 valence electrons. The van der Waals surface area contributed by atoms with Gasteiger partial charge in [-0.2, -0.15) is 0 Å². The molecule has 0 saturated carbocycles. The Kier molecular flexibility index (Phi) is 49.1. The second-order valence-electron chi connectivity index (χ2n) is 19.9. The van der Waals surface area contributed by atoms with Crippen LogP contribution in [0.3, 0.4) is 0 Å². The second-order valence-corrected chi connectivity index (χ2v) is 21.4. The smallest absolute Gasteiger partial charge is 0.462 e. The fourth-order valence-corrected chi connectivity index (χ4v) is 8.35. The van der Waals surface area contributed by atoms with Crippen LogP contribution in [0.2, 0.25) is 0 Å². The fourth-order valence-electron chi connectivity index (χ4n) is 7.61. The predicted octanol–water partition coefficient (Wildman–Crippen LogP) is 17.5. The Labute approximate surface area is 431 Å². The monoisotopic (exact) mass is 1000 g/mol. The van der Waals surface area contributed by atoms with Gasteiger partial charge in [0.2, 0.25) is 0 Å². The molecule has 0 aliphatic heterocycles. The van der Waals surface area contributed by atoms with E-state index in [1.807, 2.05) is 21.1 Å². The Bertz CT molecular complexity index is 1460. The molecule has 1 N–H and O–H groups in total. The van der Waals surface area contributed by atoms with Gasteiger partial charge in [-0.3, -0.25) is 18.6 Å². The van der Waals surface area contributed by atoms with Gasteiger partial charge in [0, 0.05) is 12.8 Å². The Morgan fingerprint density at radius 1 is 0.443 bits per heavy atom. The first kappa shape index (κ1) is 67.2. The summed E-state index contributed by atoms with van der Waals surface area (Å²) in [5, 5.41) is 0. The van der Waals surface area contributed by atoms with Crippen LogP contribution in [0, 0.1) is 0 Å². The molecule has 2 atom stereocenters. The number of nitrogens with zero attached hydrogens (tertiary/aromatic N) is 1. The van der Waals surface area contributed by atoms with Crippen molar-refractivity contribution in [3.8, 4) is 0 Å². The summed E-state index contributed by atoms with van der Waals surface area (Å²) in [5.74, 6) is -0.816. The third kappa shape index (κ3) is 54.5. The number of phosphoric acid groups is 1. The van der Waals surface area contributed by atoms with Crippen LogP contribution in [0.25, 0.3) is 0 Å². The lowest BCUT2D eigenvalue weighted by Gasteiger charge is -2.24. The Morgan fingerprint density at radius 2 is 0.771 bits per heavy atom. The summed E-state index contributed by atoms with van der Waals surface area (Å²) in [5.41, 5.74) is 0. The van der Waals surface area contributed by atoms with Crippen molar-refractivity contribution in [1.82, 2.24) is 0 Å². The quantitative estimate of drug-likeness (QED) is 0.0211. The third-order valence-electron chi connectivity index (χ3n) is 11.9. The highest BCUT2D eigenvalue weighted by molar-refractivity contribution is 7.47. The highest BCUT2D eigenvalue weighted by Gasteiger charge is 2.27. The first-order valence-electron chi connectivity index (χ1n) is 28.3. The third-order valence-corrected chi connectivity index (χ3v) is 12.9. The molecule has 0 radical (unpaired) electrons. The van der Waals surface area contributed by atoms with E-state index in [0.717, 1.165) is 96.3 Å². The van der Waals surface area contributed by atoms with Crippen molar-refractivity contribution in [2.75, 3.05) is 47.5 Å². The van der Waals surface area contributed by atoms with E-state index in [-0.39, 0.29) is 32.0 Å². The van der Waals surface area contributed by atoms with Crippen molar-refractivity contribution in [2.24, 2.45) is 0 Å². The number of likely N-dealkylation sites (N-methyl/N-ethyl adjacent to an activating group) is 1. The zero-order valence-electron chi connectivity index (χ0n) is 45.7. The molecule has 0 saturated heterocycles. The van der Waals surface area contributed by atoms with Crippen LogP contribution in [0.5, 0.6) is 0 Å². The van der Waals surface area contributed by atoms with Crippen molar-refractivity contribution < 1.29 is 42.1 Å². The van der Waals surface area contributed by atoms with E-state index in [9.17, 15) is 19.0 Å². The zero-order chi connectivity index (χ0) is 51.3. The van der Waals surface area contributed by atoms with E-state index in [2.05, 4.69) is 98.9 Å². The maximum absolute atomic E-state index is 12.8. The maximum Gasteiger partial charge on any atom is 0.472 e. The first-order chi connectivity index (χ1) is 34.0. The molecule has 2 unspecified atom stereocenters. The zero-order valence-corrected chi connectivity index (χ0v) is 46.6. The van der Waals surface area contributed by atoms with Crippen molar-refractivity contribution in [1.29, 1.82) is 0 Å². The summed E-state index contributed by atoms with van der Waals surface area (Å²) in [6, 6.07) is 0. The van der Waals surface area contributed by atoms with Crippen molar-refractivity contribution in [3.05, 3.63) is 85.1 Å². The number of quaternary nitrogens is 1. The molecule has 0 amide bonds. The van der Waals surface area contributed by atoms with Gasteiger partial charge in [0.15, 0.2) is 6.10 Å². The summed E-state index contributed by atoms with van der Waals surface area (Å²) < 4.78 is 34.5. The highest BCUT2D eigenvalue weighted by atomic mass is 31.2. The Hall–Kier alpha value is -2.81. The molecule has 9 nitrogen and oxygen atoms in total. The predicted molar refractivity (Wildman–Crippen MR) is 298 cm³/mol. The van der Waals surface area contributed by atoms with E-state index in [1.54, 1.807) is 0 Å². The van der Waals surface area contributed by atoms with E-state index >= 15 is 0 Å². The summed E-state index contributed by atoms with van der Waals surface area (Å²) in [7, 11) is 1.46. The lowest BCUT2D eigenvalue weighted by Crippen LogP contribution is -2.37. The van der Waals surface area contributed by atoms with Gasteiger partial charge in [0.25, 0.3) is 0 Å². The lowest BCUT2D eigenvalue weighted by molar-refractivity contribution is -0.870. The van der Waals surface area contributed by atoms with E-state index < -0.39 is 26.5 Å². The molecule has 0 aromatic heterocycles. The number of rotatable bonds is 51. The van der Waals surface area contributed by atoms with E-state index in [0.29, 0.717) is 17.4 Å². The van der Waals surface area contributed by atoms with E-state index in [4.69, 9.17) is 18.5 Å². The molecule has 0 bridgehead atoms. The van der Waals surface area contributed by atoms with Gasteiger partial charge in [0.1, 0.15) is 19.8 Å². The normalized spacial score (nSPS) is 14.0. The molecule has 70 heavy (non-hydrogen) atoms. The summed E-state index contributed by atoms with van der Waals surface area (Å²) >= 11 is 0. The van der Waals surface area contributed by atoms with Gasteiger partial charge in [-0.25, -0.2) is 4.57 Å². The standard InChI is InChI=1S/C60H106NO8P/c1-6-8-10-12-14-16-18-20-22-23-24-25-26-27-28-29-30-31-32-33-34-35-36-37-39-41-43-45-47-49-51-53-60(63)69-58(57-68-70(64,65)67-55-54-61(3,4)5)56-66-59(62)52-50-48-46-44-42-40-38-21-19-17-15-13-11-9-7-2/h8-11,14-17,20-22,24-25,38,58H,6-7,12-13,18-19,23,26-37,39-57H2,1-5H3/p+1/b10-8-,11-9-,16-14-,17-15-,22-20-,25-24-,38-21-. The topological polar surface area (TPSA) is 108 Å². The van der Waals surface area contributed by atoms with Crippen LogP contribution in [-0.4, -0.2) is 74.9 Å². The summed E-state index contributed by atoms with van der Waals surface area (Å²) in [6.07, 6.45) is 68.0. The van der Waals surface area contributed by atoms with Crippen LogP contribution in [0.15, 0.2) is 85.1 Å². The SMILES string of the molecule is CC/C=C\C/C=C\C/C=C\C/C=C\CCCCCCCCCCCCCCCCCCCCC(=O)OC(COC(=O)CCCCCCC/C=C\C/C=C\C/C=C\CC)COP(=O)(O)OCC[N+](C)(C)C. The van der Waals surface area contributed by atoms with Gasteiger partial charge in [-0.1, -0.05) is 221 Å². The minimum Gasteiger partial charge on any atom is -0.462 e. The van der Waals surface area contributed by atoms with Gasteiger partial charge in [-0.05, 0) is 83.5 Å². The lowest BCUT2D eigenvalue weighted by atomic mass is 10.0. The van der Waals surface area contributed by atoms with Crippen LogP contribution in [0.1, 0.15) is 232 Å². The van der Waals surface area contributed by atoms with Gasteiger partial charge in [-0.15, -0.1) is 0 Å². The average molecular weight is 1000 g/mol. The molecule has 10 heteroatoms. The van der Waals surface area contributed by atoms with Crippen molar-refractivity contribution >= 4 is 19.8 Å². The number of unbranched alkanes of at least 4 members (excludes halogenated alkanes) is 23. The number of phosphoric ester groups is 1. The number of hydrogen-bond acceptors (Lipinski definition) is 7. The molecule has 0 fully saturated rings. The summed E-state index contributed by atoms with van der Waals surface area (Å²) in [6.45, 7) is 4.19.